The van der Waals surface area contributed by atoms with Crippen LogP contribution < -0.4 is 11.1 Å². The third-order valence-corrected chi connectivity index (χ3v) is 4.39. The number of carbonyl (C=O) groups is 1. The molecule has 1 aromatic carbocycles. The standard InChI is InChI=1S/C17H17N3O3S/c1-2-12-5-7-13(8-6-12)18-15(21)9-10-20-17(22)23-16(19-20)14-4-3-11-24-14/h3-8,11H,2,9-10H2,1H3,(H,18,21). The molecule has 0 bridgehead atoms. The van der Waals surface area contributed by atoms with Crippen LogP contribution in [0.2, 0.25) is 0 Å². The van der Waals surface area contributed by atoms with Gasteiger partial charge in [-0.1, -0.05) is 25.1 Å². The van der Waals surface area contributed by atoms with Crippen molar-refractivity contribution >= 4 is 22.9 Å². The van der Waals surface area contributed by atoms with Crippen LogP contribution in [-0.2, 0) is 17.8 Å². The fourth-order valence-corrected chi connectivity index (χ4v) is 2.85. The predicted molar refractivity (Wildman–Crippen MR) is 93.1 cm³/mol. The number of nitrogens with one attached hydrogen (secondary N) is 1. The summed E-state index contributed by atoms with van der Waals surface area (Å²) < 4.78 is 6.29. The van der Waals surface area contributed by atoms with E-state index in [1.54, 1.807) is 0 Å². The lowest BCUT2D eigenvalue weighted by Crippen LogP contribution is -2.20. The quantitative estimate of drug-likeness (QED) is 0.746. The van der Waals surface area contributed by atoms with Crippen LogP contribution in [0.3, 0.4) is 0 Å². The number of benzene rings is 1. The summed E-state index contributed by atoms with van der Waals surface area (Å²) in [7, 11) is 0. The zero-order chi connectivity index (χ0) is 16.9. The van der Waals surface area contributed by atoms with Gasteiger partial charge in [-0.15, -0.1) is 16.4 Å². The molecule has 3 rings (SSSR count). The molecule has 6 nitrogen and oxygen atoms in total. The van der Waals surface area contributed by atoms with Gasteiger partial charge in [-0.2, -0.15) is 4.68 Å². The van der Waals surface area contributed by atoms with Crippen LogP contribution in [0.1, 0.15) is 18.9 Å². The van der Waals surface area contributed by atoms with E-state index in [1.807, 2.05) is 41.8 Å². The van der Waals surface area contributed by atoms with Crippen LogP contribution in [0.15, 0.2) is 51.0 Å². The van der Waals surface area contributed by atoms with E-state index in [9.17, 15) is 9.59 Å². The fraction of sp³-hybridized carbons (Fsp3) is 0.235. The molecule has 0 saturated carbocycles. The molecule has 0 aliphatic heterocycles. The van der Waals surface area contributed by atoms with Crippen molar-refractivity contribution in [3.63, 3.8) is 0 Å². The summed E-state index contributed by atoms with van der Waals surface area (Å²) in [6.45, 7) is 2.25. The van der Waals surface area contributed by atoms with E-state index in [2.05, 4.69) is 17.3 Å². The first-order valence-corrected chi connectivity index (χ1v) is 8.54. The summed E-state index contributed by atoms with van der Waals surface area (Å²) in [6, 6.07) is 11.4. The molecule has 24 heavy (non-hydrogen) atoms. The van der Waals surface area contributed by atoms with Gasteiger partial charge in [-0.05, 0) is 35.6 Å². The largest absolute Gasteiger partial charge is 0.437 e. The molecule has 2 aromatic heterocycles. The number of aryl methyl sites for hydroxylation is 2. The van der Waals surface area contributed by atoms with Crippen LogP contribution in [-0.4, -0.2) is 15.7 Å². The van der Waals surface area contributed by atoms with Gasteiger partial charge in [0.25, 0.3) is 5.89 Å². The van der Waals surface area contributed by atoms with Gasteiger partial charge in [0.2, 0.25) is 5.91 Å². The average molecular weight is 343 g/mol. The smallest absolute Gasteiger partial charge is 0.387 e. The van der Waals surface area contributed by atoms with Crippen molar-refractivity contribution in [2.24, 2.45) is 0 Å². The van der Waals surface area contributed by atoms with Gasteiger partial charge in [0.1, 0.15) is 0 Å². The highest BCUT2D eigenvalue weighted by Crippen LogP contribution is 2.21. The molecule has 2 heterocycles. The van der Waals surface area contributed by atoms with E-state index in [0.29, 0.717) is 0 Å². The van der Waals surface area contributed by atoms with Crippen molar-refractivity contribution in [2.75, 3.05) is 5.32 Å². The first-order valence-electron chi connectivity index (χ1n) is 7.66. The van der Waals surface area contributed by atoms with Crippen molar-refractivity contribution in [3.8, 4) is 10.8 Å². The molecular formula is C17H17N3O3S. The second-order valence-electron chi connectivity index (χ2n) is 5.22. The Kier molecular flexibility index (Phi) is 4.90. The molecule has 0 radical (unpaired) electrons. The lowest BCUT2D eigenvalue weighted by molar-refractivity contribution is -0.116. The van der Waals surface area contributed by atoms with E-state index in [4.69, 9.17) is 4.42 Å². The minimum Gasteiger partial charge on any atom is -0.387 e. The summed E-state index contributed by atoms with van der Waals surface area (Å²) in [5.41, 5.74) is 1.95. The Morgan fingerprint density at radius 3 is 2.75 bits per heavy atom. The van der Waals surface area contributed by atoms with Gasteiger partial charge >= 0.3 is 5.76 Å². The lowest BCUT2D eigenvalue weighted by atomic mass is 10.1. The molecule has 0 spiro atoms. The third-order valence-electron chi connectivity index (χ3n) is 3.53. The van der Waals surface area contributed by atoms with Gasteiger partial charge < -0.3 is 9.73 Å². The van der Waals surface area contributed by atoms with Gasteiger partial charge in [0, 0.05) is 12.1 Å². The van der Waals surface area contributed by atoms with Gasteiger partial charge in [-0.25, -0.2) is 4.79 Å². The third kappa shape index (κ3) is 3.80. The number of nitrogens with zero attached hydrogens (tertiary/aromatic N) is 2. The molecule has 0 fully saturated rings. The minimum atomic E-state index is -0.557. The average Bonchev–Trinajstić information content (AvgIpc) is 3.23. The minimum absolute atomic E-state index is 0.145. The SMILES string of the molecule is CCc1ccc(NC(=O)CCn2nc(-c3cccs3)oc2=O)cc1. The highest BCUT2D eigenvalue weighted by Gasteiger charge is 2.12. The van der Waals surface area contributed by atoms with E-state index in [-0.39, 0.29) is 24.8 Å². The molecular weight excluding hydrogens is 326 g/mol. The van der Waals surface area contributed by atoms with Crippen molar-refractivity contribution in [3.05, 3.63) is 57.9 Å². The number of thiophene rings is 1. The fourth-order valence-electron chi connectivity index (χ4n) is 2.20. The molecule has 124 valence electrons. The zero-order valence-electron chi connectivity index (χ0n) is 13.2. The van der Waals surface area contributed by atoms with E-state index in [0.717, 1.165) is 17.0 Å². The van der Waals surface area contributed by atoms with Crippen molar-refractivity contribution in [1.82, 2.24) is 9.78 Å². The number of rotatable bonds is 6. The van der Waals surface area contributed by atoms with Gasteiger partial charge in [0.15, 0.2) is 0 Å². The second-order valence-corrected chi connectivity index (χ2v) is 6.17. The second kappa shape index (κ2) is 7.27. The van der Waals surface area contributed by atoms with E-state index in [1.165, 1.54) is 21.6 Å². The molecule has 0 saturated heterocycles. The van der Waals surface area contributed by atoms with Crippen LogP contribution in [0.5, 0.6) is 0 Å². The molecule has 7 heteroatoms. The van der Waals surface area contributed by atoms with Crippen LogP contribution in [0.25, 0.3) is 10.8 Å². The summed E-state index contributed by atoms with van der Waals surface area (Å²) in [5, 5.41) is 8.81. The Balaban J connectivity index is 1.59. The number of hydrogen-bond donors (Lipinski definition) is 1. The van der Waals surface area contributed by atoms with Crippen molar-refractivity contribution < 1.29 is 9.21 Å². The highest BCUT2D eigenvalue weighted by molar-refractivity contribution is 7.13. The van der Waals surface area contributed by atoms with Crippen LogP contribution in [0, 0.1) is 0 Å². The molecule has 0 atom stereocenters. The maximum Gasteiger partial charge on any atom is 0.437 e. The Morgan fingerprint density at radius 1 is 1.29 bits per heavy atom. The first kappa shape index (κ1) is 16.2. The normalized spacial score (nSPS) is 10.7. The Hall–Kier alpha value is -2.67. The number of amides is 1. The van der Waals surface area contributed by atoms with Gasteiger partial charge in [0.05, 0.1) is 11.4 Å². The molecule has 0 aliphatic rings. The zero-order valence-corrected chi connectivity index (χ0v) is 14.0. The molecule has 1 amide bonds. The predicted octanol–water partition coefficient (Wildman–Crippen LogP) is 3.16. The maximum atomic E-state index is 12.0. The number of aromatic nitrogens is 2. The molecule has 3 aromatic rings. The van der Waals surface area contributed by atoms with Crippen LogP contribution >= 0.6 is 11.3 Å². The number of carbonyl (C=O) groups excluding carboxylic acids is 1. The first-order chi connectivity index (χ1) is 11.7. The highest BCUT2D eigenvalue weighted by atomic mass is 32.1. The monoisotopic (exact) mass is 343 g/mol. The summed E-state index contributed by atoms with van der Waals surface area (Å²) in [5.74, 6) is -0.448. The maximum absolute atomic E-state index is 12.0. The topological polar surface area (TPSA) is 77.1 Å². The number of hydrogen-bond acceptors (Lipinski definition) is 5. The number of anilines is 1. The summed E-state index contributed by atoms with van der Waals surface area (Å²) >= 11 is 1.44. The van der Waals surface area contributed by atoms with E-state index < -0.39 is 5.76 Å². The molecule has 0 aliphatic carbocycles. The van der Waals surface area contributed by atoms with Crippen molar-refractivity contribution in [1.29, 1.82) is 0 Å². The molecule has 0 unspecified atom stereocenters. The molecule has 1 N–H and O–H groups in total. The Morgan fingerprint density at radius 2 is 2.08 bits per heavy atom. The van der Waals surface area contributed by atoms with Crippen LogP contribution in [0.4, 0.5) is 5.69 Å². The summed E-state index contributed by atoms with van der Waals surface area (Å²) in [4.78, 5) is 24.6. The summed E-state index contributed by atoms with van der Waals surface area (Å²) in [6.07, 6.45) is 1.10. The van der Waals surface area contributed by atoms with Crippen molar-refractivity contribution in [2.45, 2.75) is 26.3 Å². The Labute approximate surface area is 142 Å². The Bertz CT molecular complexity index is 863. The lowest BCUT2D eigenvalue weighted by Gasteiger charge is -2.05. The van der Waals surface area contributed by atoms with Gasteiger partial charge in [-0.3, -0.25) is 4.79 Å². The van der Waals surface area contributed by atoms with E-state index >= 15 is 0 Å².